The number of carbonyl (C=O) groups is 2. The second-order valence-corrected chi connectivity index (χ2v) is 13.1. The van der Waals surface area contributed by atoms with E-state index >= 15 is 0 Å². The summed E-state index contributed by atoms with van der Waals surface area (Å²) in [5, 5.41) is 10.6. The quantitative estimate of drug-likeness (QED) is 0.440. The van der Waals surface area contributed by atoms with Crippen molar-refractivity contribution in [1.82, 2.24) is 0 Å². The van der Waals surface area contributed by atoms with Crippen LogP contribution in [0.2, 0.25) is 18.1 Å². The summed E-state index contributed by atoms with van der Waals surface area (Å²) in [7, 11) is -2.00. The van der Waals surface area contributed by atoms with Gasteiger partial charge >= 0.3 is 11.9 Å². The largest absolute Gasteiger partial charge is 0.458 e. The fraction of sp³-hybridized carbons (Fsp3) is 0.667. The predicted molar refractivity (Wildman–Crippen MR) is 95.3 cm³/mol. The third-order valence-electron chi connectivity index (χ3n) is 5.35. The van der Waals surface area contributed by atoms with E-state index in [1.54, 1.807) is 0 Å². The summed E-state index contributed by atoms with van der Waals surface area (Å²) >= 11 is 0. The lowest BCUT2D eigenvalue weighted by atomic mass is 9.88. The Balaban J connectivity index is 2.06. The Labute approximate surface area is 150 Å². The van der Waals surface area contributed by atoms with Gasteiger partial charge in [0, 0.05) is 11.6 Å². The van der Waals surface area contributed by atoms with E-state index in [1.807, 2.05) is 0 Å². The number of rotatable bonds is 6. The summed E-state index contributed by atoms with van der Waals surface area (Å²) in [5.41, 5.74) is 0.955. The number of aliphatic hydroxyl groups excluding tert-OH is 1. The summed E-state index contributed by atoms with van der Waals surface area (Å²) in [5.74, 6) is -1.45. The van der Waals surface area contributed by atoms with Crippen molar-refractivity contribution in [2.24, 2.45) is 5.92 Å². The van der Waals surface area contributed by atoms with E-state index in [4.69, 9.17) is 13.9 Å². The molecule has 0 radical (unpaired) electrons. The highest BCUT2D eigenvalue weighted by Crippen LogP contribution is 2.38. The van der Waals surface area contributed by atoms with Crippen molar-refractivity contribution in [2.75, 3.05) is 13.2 Å². The fourth-order valence-electron chi connectivity index (χ4n) is 2.70. The first kappa shape index (κ1) is 19.9. The third-order valence-corrected chi connectivity index (χ3v) is 9.85. The van der Waals surface area contributed by atoms with Crippen LogP contribution in [0.1, 0.15) is 27.2 Å². The Hall–Kier alpha value is -1.44. The van der Waals surface area contributed by atoms with Crippen LogP contribution in [0, 0.1) is 5.92 Å². The maximum absolute atomic E-state index is 11.9. The molecule has 25 heavy (non-hydrogen) atoms. The van der Waals surface area contributed by atoms with Crippen molar-refractivity contribution in [3.8, 4) is 0 Å². The van der Waals surface area contributed by atoms with Crippen LogP contribution in [0.3, 0.4) is 0 Å². The van der Waals surface area contributed by atoms with Crippen molar-refractivity contribution in [1.29, 1.82) is 0 Å². The molecule has 0 saturated carbocycles. The smallest absolute Gasteiger partial charge is 0.334 e. The first-order valence-corrected chi connectivity index (χ1v) is 11.4. The van der Waals surface area contributed by atoms with Crippen LogP contribution >= 0.6 is 0 Å². The van der Waals surface area contributed by atoms with Gasteiger partial charge in [0.1, 0.15) is 12.7 Å². The van der Waals surface area contributed by atoms with Crippen LogP contribution < -0.4 is 0 Å². The molecule has 0 aliphatic carbocycles. The van der Waals surface area contributed by atoms with Gasteiger partial charge in [-0.3, -0.25) is 0 Å². The number of hydrogen-bond donors (Lipinski definition) is 1. The molecular formula is C18H28O6Si. The van der Waals surface area contributed by atoms with Gasteiger partial charge in [-0.1, -0.05) is 27.4 Å². The Morgan fingerprint density at radius 1 is 1.40 bits per heavy atom. The minimum absolute atomic E-state index is 0.0348. The molecule has 6 nitrogen and oxygen atoms in total. The number of aliphatic hydroxyl groups is 1. The number of esters is 2. The van der Waals surface area contributed by atoms with Gasteiger partial charge in [0.05, 0.1) is 18.6 Å². The molecular weight excluding hydrogens is 340 g/mol. The average Bonchev–Trinajstić information content (AvgIpc) is 3.00. The monoisotopic (exact) mass is 368 g/mol. The first-order valence-electron chi connectivity index (χ1n) is 8.50. The van der Waals surface area contributed by atoms with E-state index in [1.165, 1.54) is 6.08 Å². The number of cyclic esters (lactones) is 2. The fourth-order valence-corrected chi connectivity index (χ4v) is 3.71. The van der Waals surface area contributed by atoms with Crippen molar-refractivity contribution >= 4 is 20.3 Å². The zero-order valence-corrected chi connectivity index (χ0v) is 16.6. The van der Waals surface area contributed by atoms with E-state index in [0.29, 0.717) is 5.57 Å². The highest BCUT2D eigenvalue weighted by atomic mass is 28.4. The second-order valence-electron chi connectivity index (χ2n) is 8.25. The van der Waals surface area contributed by atoms with Crippen LogP contribution in [0.15, 0.2) is 23.8 Å². The Kier molecular flexibility index (Phi) is 5.61. The lowest BCUT2D eigenvalue weighted by molar-refractivity contribution is -0.141. The first-order chi connectivity index (χ1) is 11.4. The molecule has 0 bridgehead atoms. The van der Waals surface area contributed by atoms with E-state index in [9.17, 15) is 14.7 Å². The van der Waals surface area contributed by atoms with Gasteiger partial charge in [-0.05, 0) is 30.1 Å². The highest BCUT2D eigenvalue weighted by molar-refractivity contribution is 6.74. The molecule has 2 heterocycles. The Morgan fingerprint density at radius 2 is 2.04 bits per heavy atom. The number of ether oxygens (including phenoxy) is 2. The second kappa shape index (κ2) is 7.05. The summed E-state index contributed by atoms with van der Waals surface area (Å²) in [6.45, 7) is 14.8. The molecule has 0 spiro atoms. The molecule has 0 amide bonds. The summed E-state index contributed by atoms with van der Waals surface area (Å²) < 4.78 is 16.4. The third kappa shape index (κ3) is 4.40. The van der Waals surface area contributed by atoms with Gasteiger partial charge in [0.15, 0.2) is 8.32 Å². The predicted octanol–water partition coefficient (Wildman–Crippen LogP) is 2.34. The maximum Gasteiger partial charge on any atom is 0.334 e. The van der Waals surface area contributed by atoms with Crippen LogP contribution in [0.5, 0.6) is 0 Å². The van der Waals surface area contributed by atoms with Crippen molar-refractivity contribution in [2.45, 2.75) is 57.5 Å². The summed E-state index contributed by atoms with van der Waals surface area (Å²) in [6, 6.07) is 0. The lowest BCUT2D eigenvalue weighted by Gasteiger charge is -2.37. The van der Waals surface area contributed by atoms with Gasteiger partial charge in [-0.2, -0.15) is 0 Å². The van der Waals surface area contributed by atoms with Gasteiger partial charge in [0.2, 0.25) is 0 Å². The molecule has 2 aliphatic heterocycles. The minimum Gasteiger partial charge on any atom is -0.458 e. The summed E-state index contributed by atoms with van der Waals surface area (Å²) in [4.78, 5) is 23.1. The molecule has 0 aromatic carbocycles. The van der Waals surface area contributed by atoms with Crippen molar-refractivity contribution in [3.05, 3.63) is 23.8 Å². The molecule has 0 unspecified atom stereocenters. The van der Waals surface area contributed by atoms with E-state index in [-0.39, 0.29) is 30.2 Å². The summed E-state index contributed by atoms with van der Waals surface area (Å²) in [6.07, 6.45) is 0.170. The molecule has 2 rings (SSSR count). The van der Waals surface area contributed by atoms with Crippen LogP contribution in [0.25, 0.3) is 0 Å². The van der Waals surface area contributed by atoms with Crippen molar-refractivity contribution in [3.63, 3.8) is 0 Å². The van der Waals surface area contributed by atoms with Gasteiger partial charge in [0.25, 0.3) is 0 Å². The minimum atomic E-state index is -2.00. The lowest BCUT2D eigenvalue weighted by Crippen LogP contribution is -2.44. The van der Waals surface area contributed by atoms with Crippen molar-refractivity contribution < 1.29 is 28.6 Å². The van der Waals surface area contributed by atoms with Crippen LogP contribution in [-0.2, 0) is 23.5 Å². The van der Waals surface area contributed by atoms with E-state index in [0.717, 1.165) is 0 Å². The normalized spacial score (nSPS) is 25.7. The highest BCUT2D eigenvalue weighted by Gasteiger charge is 2.45. The molecule has 140 valence electrons. The SMILES string of the molecule is C=C1C(=O)O[C@H](CO[Si](C)(C)C(C)(C)C)[C@H]1[C@@H](O)CC1=CC(=O)OC1. The molecule has 7 heteroatoms. The zero-order chi connectivity index (χ0) is 19.0. The average molecular weight is 369 g/mol. The maximum atomic E-state index is 11.9. The number of hydrogen-bond acceptors (Lipinski definition) is 6. The van der Waals surface area contributed by atoms with E-state index in [2.05, 4.69) is 40.4 Å². The molecule has 1 N–H and O–H groups in total. The van der Waals surface area contributed by atoms with Gasteiger partial charge in [-0.15, -0.1) is 0 Å². The Bertz CT molecular complexity index is 601. The standard InChI is InChI=1S/C18H28O6Si/c1-11-16(13(19)7-12-8-15(20)22-9-12)14(24-17(11)21)10-23-25(5,6)18(2,3)4/h8,13-14,16,19H,1,7,9-10H2,2-6H3/t13-,14+,16+/m0/s1. The molecule has 2 aliphatic rings. The molecule has 0 aromatic rings. The van der Waals surface area contributed by atoms with E-state index < -0.39 is 38.4 Å². The van der Waals surface area contributed by atoms with Gasteiger partial charge < -0.3 is 19.0 Å². The van der Waals surface area contributed by atoms with Crippen LogP contribution in [0.4, 0.5) is 0 Å². The molecule has 1 saturated heterocycles. The number of carbonyl (C=O) groups excluding carboxylic acids is 2. The van der Waals surface area contributed by atoms with Gasteiger partial charge in [-0.25, -0.2) is 9.59 Å². The molecule has 1 fully saturated rings. The molecule has 0 aromatic heterocycles. The zero-order valence-electron chi connectivity index (χ0n) is 15.6. The Morgan fingerprint density at radius 3 is 2.56 bits per heavy atom. The van der Waals surface area contributed by atoms with Crippen LogP contribution in [-0.4, -0.2) is 50.8 Å². The molecule has 3 atom stereocenters. The topological polar surface area (TPSA) is 82.1 Å².